The normalized spacial score (nSPS) is 20.4. The molecule has 2 fully saturated rings. The van der Waals surface area contributed by atoms with Crippen molar-refractivity contribution in [2.75, 3.05) is 44.2 Å². The van der Waals surface area contributed by atoms with Crippen LogP contribution >= 0.6 is 11.5 Å². The summed E-state index contributed by atoms with van der Waals surface area (Å²) in [5, 5.41) is 1.95. The fourth-order valence-corrected chi connectivity index (χ4v) is 8.50. The van der Waals surface area contributed by atoms with Crippen molar-refractivity contribution in [1.29, 1.82) is 0 Å². The molecule has 0 amide bonds. The maximum atomic E-state index is 14.0. The average Bonchev–Trinajstić information content (AvgIpc) is 3.21. The number of fused-ring (bicyclic) bond motifs is 2. The zero-order chi connectivity index (χ0) is 25.2. The first-order valence-corrected chi connectivity index (χ1v) is 15.5. The van der Waals surface area contributed by atoms with Gasteiger partial charge < -0.3 is 4.90 Å². The van der Waals surface area contributed by atoms with Crippen LogP contribution in [-0.4, -0.2) is 72.3 Å². The summed E-state index contributed by atoms with van der Waals surface area (Å²) in [6.07, 6.45) is 6.49. The van der Waals surface area contributed by atoms with Crippen LogP contribution in [0.25, 0.3) is 21.0 Å². The highest BCUT2D eigenvalue weighted by Gasteiger charge is 2.34. The monoisotopic (exact) mass is 535 g/mol. The van der Waals surface area contributed by atoms with Crippen LogP contribution in [0.3, 0.4) is 0 Å². The minimum atomic E-state index is -3.61. The highest BCUT2D eigenvalue weighted by molar-refractivity contribution is 7.89. The number of hydrogen-bond donors (Lipinski definition) is 0. The number of benzene rings is 2. The molecule has 0 bridgehead atoms. The second kappa shape index (κ2) is 10.6. The van der Waals surface area contributed by atoms with Crippen molar-refractivity contribution < 1.29 is 8.42 Å². The number of rotatable bonds is 6. The van der Waals surface area contributed by atoms with Crippen LogP contribution in [0, 0.1) is 0 Å². The van der Waals surface area contributed by atoms with Gasteiger partial charge >= 0.3 is 0 Å². The second-order valence-corrected chi connectivity index (χ2v) is 12.7. The van der Waals surface area contributed by atoms with Gasteiger partial charge in [-0.3, -0.25) is 9.88 Å². The van der Waals surface area contributed by atoms with Gasteiger partial charge in [-0.2, -0.15) is 8.68 Å². The van der Waals surface area contributed by atoms with Crippen molar-refractivity contribution in [3.8, 4) is 0 Å². The third kappa shape index (κ3) is 4.97. The Morgan fingerprint density at radius 3 is 2.51 bits per heavy atom. The summed E-state index contributed by atoms with van der Waals surface area (Å²) in [6, 6.07) is 17.7. The summed E-state index contributed by atoms with van der Waals surface area (Å²) in [4.78, 5) is 9.65. The molecule has 0 unspecified atom stereocenters. The smallest absolute Gasteiger partial charge is 0.244 e. The summed E-state index contributed by atoms with van der Waals surface area (Å²) in [5.74, 6) is 1.10. The molecule has 194 valence electrons. The molecule has 6 rings (SSSR count). The van der Waals surface area contributed by atoms with E-state index in [1.54, 1.807) is 28.1 Å². The molecule has 2 aliphatic rings. The van der Waals surface area contributed by atoms with Gasteiger partial charge in [-0.25, -0.2) is 8.42 Å². The Labute approximate surface area is 222 Å². The van der Waals surface area contributed by atoms with Crippen LogP contribution in [0.15, 0.2) is 65.7 Å². The summed E-state index contributed by atoms with van der Waals surface area (Å²) < 4.78 is 35.7. The summed E-state index contributed by atoms with van der Waals surface area (Å²) in [5.41, 5.74) is 0.723. The van der Waals surface area contributed by atoms with E-state index >= 15 is 0 Å². The molecule has 2 aliphatic heterocycles. The predicted octanol–water partition coefficient (Wildman–Crippen LogP) is 4.99. The maximum Gasteiger partial charge on any atom is 0.244 e. The van der Waals surface area contributed by atoms with Gasteiger partial charge in [-0.15, -0.1) is 0 Å². The molecule has 1 atom stereocenters. The van der Waals surface area contributed by atoms with E-state index in [2.05, 4.69) is 39.0 Å². The van der Waals surface area contributed by atoms with E-state index in [9.17, 15) is 8.42 Å². The molecule has 0 N–H and O–H groups in total. The topological polar surface area (TPSA) is 69.6 Å². The molecule has 0 aliphatic carbocycles. The Balaban J connectivity index is 1.14. The van der Waals surface area contributed by atoms with E-state index in [0.29, 0.717) is 16.8 Å². The summed E-state index contributed by atoms with van der Waals surface area (Å²) in [6.45, 7) is 5.35. The van der Waals surface area contributed by atoms with Gasteiger partial charge in [0, 0.05) is 55.7 Å². The number of nitrogens with zero attached hydrogens (tertiary/aromatic N) is 5. The first-order chi connectivity index (χ1) is 18.1. The molecule has 9 heteroatoms. The van der Waals surface area contributed by atoms with Crippen molar-refractivity contribution in [2.45, 2.75) is 43.0 Å². The standard InChI is InChI=1S/C28H33N5O2S2/c34-37(35,27-13-15-29-25-11-5-3-9-23(25)27)33-16-7-1-2-8-22(33)14-17-31-18-20-32(21-19-31)28-24-10-4-6-12-26(24)36-30-28/h3-6,9-13,15,22H,1-2,7-8,14,16-21H2/t22-/m0/s1. The second-order valence-electron chi connectivity index (χ2n) is 10.1. The number of sulfonamides is 1. The molecule has 4 heterocycles. The van der Waals surface area contributed by atoms with Crippen LogP contribution in [-0.2, 0) is 10.0 Å². The molecular formula is C28H33N5O2S2. The quantitative estimate of drug-likeness (QED) is 0.347. The maximum absolute atomic E-state index is 14.0. The van der Waals surface area contributed by atoms with E-state index in [-0.39, 0.29) is 6.04 Å². The van der Waals surface area contributed by atoms with Gasteiger partial charge in [0.15, 0.2) is 0 Å². The van der Waals surface area contributed by atoms with Crippen LogP contribution in [0.2, 0.25) is 0 Å². The molecule has 2 aromatic carbocycles. The molecular weight excluding hydrogens is 502 g/mol. The molecule has 2 saturated heterocycles. The Bertz CT molecular complexity index is 1480. The third-order valence-electron chi connectivity index (χ3n) is 7.83. The van der Waals surface area contributed by atoms with Crippen LogP contribution in [0.4, 0.5) is 5.82 Å². The van der Waals surface area contributed by atoms with Crippen molar-refractivity contribution in [3.05, 3.63) is 60.8 Å². The minimum absolute atomic E-state index is 0.0277. The fraction of sp³-hybridized carbons (Fsp3) is 0.429. The lowest BCUT2D eigenvalue weighted by molar-refractivity contribution is 0.218. The van der Waals surface area contributed by atoms with Crippen molar-refractivity contribution in [1.82, 2.24) is 18.6 Å². The zero-order valence-electron chi connectivity index (χ0n) is 21.0. The SMILES string of the molecule is O=S(=O)(c1ccnc2ccccc12)N1CCCCC[C@H]1CCN1CCN(c2nsc3ccccc23)CC1. The number of para-hydroxylation sites is 1. The lowest BCUT2D eigenvalue weighted by Crippen LogP contribution is -2.48. The number of hydrogen-bond acceptors (Lipinski definition) is 7. The molecule has 37 heavy (non-hydrogen) atoms. The average molecular weight is 536 g/mol. The van der Waals surface area contributed by atoms with Crippen LogP contribution in [0.5, 0.6) is 0 Å². The first-order valence-electron chi connectivity index (χ1n) is 13.3. The van der Waals surface area contributed by atoms with Gasteiger partial charge in [0.2, 0.25) is 10.0 Å². The van der Waals surface area contributed by atoms with Crippen molar-refractivity contribution in [2.24, 2.45) is 0 Å². The third-order valence-corrected chi connectivity index (χ3v) is 10.7. The van der Waals surface area contributed by atoms with E-state index in [1.807, 2.05) is 24.3 Å². The highest BCUT2D eigenvalue weighted by atomic mass is 32.2. The molecule has 0 spiro atoms. The molecule has 7 nitrogen and oxygen atoms in total. The molecule has 4 aromatic rings. The molecule has 0 saturated carbocycles. The number of anilines is 1. The van der Waals surface area contributed by atoms with Gasteiger partial charge in [-0.05, 0) is 61.6 Å². The molecule has 2 aromatic heterocycles. The van der Waals surface area contributed by atoms with E-state index < -0.39 is 10.0 Å². The minimum Gasteiger partial charge on any atom is -0.353 e. The Morgan fingerprint density at radius 1 is 0.865 bits per heavy atom. The van der Waals surface area contributed by atoms with E-state index in [1.165, 1.54) is 10.1 Å². The first kappa shape index (κ1) is 24.7. The number of aromatic nitrogens is 2. The number of pyridine rings is 1. The van der Waals surface area contributed by atoms with E-state index in [0.717, 1.165) is 76.2 Å². The largest absolute Gasteiger partial charge is 0.353 e. The van der Waals surface area contributed by atoms with Gasteiger partial charge in [0.25, 0.3) is 0 Å². The van der Waals surface area contributed by atoms with Gasteiger partial charge in [0.1, 0.15) is 5.82 Å². The Morgan fingerprint density at radius 2 is 1.65 bits per heavy atom. The predicted molar refractivity (Wildman–Crippen MR) is 151 cm³/mol. The van der Waals surface area contributed by atoms with Crippen LogP contribution in [0.1, 0.15) is 32.1 Å². The van der Waals surface area contributed by atoms with Crippen LogP contribution < -0.4 is 4.90 Å². The van der Waals surface area contributed by atoms with Crippen molar-refractivity contribution in [3.63, 3.8) is 0 Å². The van der Waals surface area contributed by atoms with E-state index in [4.69, 9.17) is 4.37 Å². The lowest BCUT2D eigenvalue weighted by atomic mass is 10.1. The highest BCUT2D eigenvalue weighted by Crippen LogP contribution is 2.32. The number of piperazine rings is 1. The summed E-state index contributed by atoms with van der Waals surface area (Å²) >= 11 is 1.57. The Hall–Kier alpha value is -2.59. The summed E-state index contributed by atoms with van der Waals surface area (Å²) in [7, 11) is -3.61. The Kier molecular flexibility index (Phi) is 7.12. The fourth-order valence-electron chi connectivity index (χ4n) is 5.79. The van der Waals surface area contributed by atoms with Gasteiger partial charge in [-0.1, -0.05) is 43.2 Å². The molecule has 0 radical (unpaired) electrons. The lowest BCUT2D eigenvalue weighted by Gasteiger charge is -2.36. The zero-order valence-corrected chi connectivity index (χ0v) is 22.6. The van der Waals surface area contributed by atoms with Crippen molar-refractivity contribution >= 4 is 48.4 Å². The van der Waals surface area contributed by atoms with Gasteiger partial charge in [0.05, 0.1) is 15.1 Å².